The van der Waals surface area contributed by atoms with E-state index in [9.17, 15) is 19.5 Å². The Hall–Kier alpha value is -2.45. The minimum Gasteiger partial charge on any atom is -0.466 e. The Morgan fingerprint density at radius 2 is 2.06 bits per heavy atom. The van der Waals surface area contributed by atoms with Crippen LogP contribution in [0.1, 0.15) is 38.3 Å². The van der Waals surface area contributed by atoms with E-state index in [4.69, 9.17) is 9.47 Å². The van der Waals surface area contributed by atoms with E-state index >= 15 is 0 Å². The van der Waals surface area contributed by atoms with Crippen LogP contribution in [0.4, 0.5) is 5.69 Å². The maximum atomic E-state index is 13.7. The lowest BCUT2D eigenvalue weighted by Gasteiger charge is -2.35. The molecule has 1 spiro atoms. The van der Waals surface area contributed by atoms with E-state index in [1.54, 1.807) is 6.92 Å². The quantitative estimate of drug-likeness (QED) is 0.649. The van der Waals surface area contributed by atoms with Crippen LogP contribution in [0.5, 0.6) is 0 Å². The molecular weight excluding hydrogens is 412 g/mol. The van der Waals surface area contributed by atoms with Gasteiger partial charge in [0.05, 0.1) is 24.7 Å². The minimum absolute atomic E-state index is 0.00797. The molecule has 2 amide bonds. The van der Waals surface area contributed by atoms with E-state index in [0.29, 0.717) is 12.1 Å². The van der Waals surface area contributed by atoms with Crippen molar-refractivity contribution < 1.29 is 29.0 Å². The van der Waals surface area contributed by atoms with Crippen molar-refractivity contribution in [1.82, 2.24) is 4.90 Å². The zero-order valence-electron chi connectivity index (χ0n) is 19.3. The van der Waals surface area contributed by atoms with Gasteiger partial charge >= 0.3 is 5.97 Å². The van der Waals surface area contributed by atoms with Crippen LogP contribution in [0.25, 0.3) is 0 Å². The van der Waals surface area contributed by atoms with Gasteiger partial charge in [-0.25, -0.2) is 0 Å². The van der Waals surface area contributed by atoms with Gasteiger partial charge in [-0.2, -0.15) is 0 Å². The molecule has 32 heavy (non-hydrogen) atoms. The number of nitrogens with one attached hydrogen (secondary N) is 1. The molecule has 0 aromatic heterocycles. The molecule has 6 atom stereocenters. The summed E-state index contributed by atoms with van der Waals surface area (Å²) >= 11 is 0. The van der Waals surface area contributed by atoms with Gasteiger partial charge in [0.25, 0.3) is 0 Å². The number of rotatable bonds is 6. The summed E-state index contributed by atoms with van der Waals surface area (Å²) in [5.74, 6) is -2.84. The van der Waals surface area contributed by atoms with E-state index < -0.39 is 35.0 Å². The summed E-state index contributed by atoms with van der Waals surface area (Å²) in [5.41, 5.74) is 0.533. The van der Waals surface area contributed by atoms with Crippen molar-refractivity contribution in [3.05, 3.63) is 29.3 Å². The number of aryl methyl sites for hydroxylation is 2. The van der Waals surface area contributed by atoms with E-state index in [-0.39, 0.29) is 37.5 Å². The summed E-state index contributed by atoms with van der Waals surface area (Å²) in [6.45, 7) is 9.29. The van der Waals surface area contributed by atoms with Crippen molar-refractivity contribution in [2.45, 2.75) is 58.3 Å². The number of anilines is 1. The number of esters is 1. The van der Waals surface area contributed by atoms with Gasteiger partial charge in [0.2, 0.25) is 11.8 Å². The first-order chi connectivity index (χ1) is 15.1. The van der Waals surface area contributed by atoms with Crippen LogP contribution in [-0.2, 0) is 23.9 Å². The van der Waals surface area contributed by atoms with Gasteiger partial charge in [-0.3, -0.25) is 14.4 Å². The monoisotopic (exact) mass is 444 g/mol. The first-order valence-electron chi connectivity index (χ1n) is 11.3. The topological polar surface area (TPSA) is 105 Å². The smallest absolute Gasteiger partial charge is 0.312 e. The lowest BCUT2D eigenvalue weighted by Crippen LogP contribution is -2.54. The highest BCUT2D eigenvalue weighted by molar-refractivity contribution is 6.03. The number of β-amino-alcohol motifs (C(OH)–C–C–N with tert-alkyl or cyclic N) is 1. The highest BCUT2D eigenvalue weighted by atomic mass is 16.6. The normalized spacial score (nSPS) is 35.2. The first kappa shape index (κ1) is 22.7. The predicted octanol–water partition coefficient (Wildman–Crippen LogP) is 1.81. The SMILES string of the molecule is CCOC(=O)[C@H]1[C@H]2C(=O)N(CCO)C(C(=O)Nc3cc(C)ccc3C)C23CC(C)[C@]1(C)O3. The Kier molecular flexibility index (Phi) is 5.57. The van der Waals surface area contributed by atoms with E-state index in [2.05, 4.69) is 5.32 Å². The summed E-state index contributed by atoms with van der Waals surface area (Å²) in [6.07, 6.45) is 0.475. The number of hydrogen-bond donors (Lipinski definition) is 2. The Morgan fingerprint density at radius 3 is 2.72 bits per heavy atom. The summed E-state index contributed by atoms with van der Waals surface area (Å²) in [4.78, 5) is 41.6. The zero-order valence-corrected chi connectivity index (χ0v) is 19.3. The number of hydrogen-bond acceptors (Lipinski definition) is 6. The molecule has 3 heterocycles. The number of amides is 2. The van der Waals surface area contributed by atoms with Gasteiger partial charge in [0.1, 0.15) is 17.6 Å². The second-order valence-electron chi connectivity index (χ2n) is 9.52. The first-order valence-corrected chi connectivity index (χ1v) is 11.3. The van der Waals surface area contributed by atoms with Crippen LogP contribution in [-0.4, -0.2) is 64.8 Å². The number of aliphatic hydroxyl groups excluding tert-OH is 1. The average Bonchev–Trinajstić information content (AvgIpc) is 3.23. The second-order valence-corrected chi connectivity index (χ2v) is 9.52. The highest BCUT2D eigenvalue weighted by Gasteiger charge is 2.80. The number of benzene rings is 1. The van der Waals surface area contributed by atoms with E-state index in [1.807, 2.05) is 45.9 Å². The molecule has 3 aliphatic rings. The number of fused-ring (bicyclic) bond motifs is 1. The standard InChI is InChI=1S/C24H32N2O6/c1-6-31-22(30)18-17-21(29)26(9-10-27)19(24(17)12-15(4)23(18,5)32-24)20(28)25-16-11-13(2)7-8-14(16)3/h7-8,11,15,17-19,27H,6,9-10,12H2,1-5H3,(H,25,28)/t15?,17-,18+,19?,23-,24?/m0/s1. The molecule has 0 saturated carbocycles. The summed E-state index contributed by atoms with van der Waals surface area (Å²) in [5, 5.41) is 12.6. The zero-order chi connectivity index (χ0) is 23.4. The molecule has 3 aliphatic heterocycles. The molecule has 0 aliphatic carbocycles. The molecule has 2 N–H and O–H groups in total. The van der Waals surface area contributed by atoms with E-state index in [0.717, 1.165) is 11.1 Å². The Labute approximate surface area is 188 Å². The number of aliphatic hydroxyl groups is 1. The lowest BCUT2D eigenvalue weighted by molar-refractivity contribution is -0.161. The fourth-order valence-corrected chi connectivity index (χ4v) is 6.05. The van der Waals surface area contributed by atoms with Gasteiger partial charge in [0, 0.05) is 12.2 Å². The number of carbonyl (C=O) groups is 3. The van der Waals surface area contributed by atoms with Crippen molar-refractivity contribution in [3.8, 4) is 0 Å². The van der Waals surface area contributed by atoms with Crippen molar-refractivity contribution in [3.63, 3.8) is 0 Å². The molecule has 8 nitrogen and oxygen atoms in total. The number of carbonyl (C=O) groups excluding carboxylic acids is 3. The molecule has 1 aromatic carbocycles. The van der Waals surface area contributed by atoms with Gasteiger partial charge in [-0.1, -0.05) is 19.1 Å². The van der Waals surface area contributed by atoms with Crippen LogP contribution in [0.15, 0.2) is 18.2 Å². The molecule has 3 unspecified atom stereocenters. The van der Waals surface area contributed by atoms with Crippen molar-refractivity contribution in [1.29, 1.82) is 0 Å². The molecule has 2 bridgehead atoms. The third-order valence-corrected chi connectivity index (χ3v) is 7.60. The molecule has 3 fully saturated rings. The molecule has 3 saturated heterocycles. The number of ether oxygens (including phenoxy) is 2. The van der Waals surface area contributed by atoms with Gasteiger partial charge in [0.15, 0.2) is 0 Å². The summed E-state index contributed by atoms with van der Waals surface area (Å²) < 4.78 is 11.9. The van der Waals surface area contributed by atoms with Crippen molar-refractivity contribution in [2.75, 3.05) is 25.1 Å². The number of nitrogens with zero attached hydrogens (tertiary/aromatic N) is 1. The van der Waals surface area contributed by atoms with Crippen LogP contribution in [0, 0.1) is 31.6 Å². The molecule has 4 rings (SSSR count). The Morgan fingerprint density at radius 1 is 1.34 bits per heavy atom. The molecule has 8 heteroatoms. The number of likely N-dealkylation sites (tertiary alicyclic amines) is 1. The highest BCUT2D eigenvalue weighted by Crippen LogP contribution is 2.65. The maximum absolute atomic E-state index is 13.7. The van der Waals surface area contributed by atoms with Crippen molar-refractivity contribution in [2.24, 2.45) is 17.8 Å². The Bertz CT molecular complexity index is 964. The third-order valence-electron chi connectivity index (χ3n) is 7.60. The van der Waals surface area contributed by atoms with Gasteiger partial charge in [-0.05, 0) is 57.2 Å². The van der Waals surface area contributed by atoms with Gasteiger partial charge < -0.3 is 24.8 Å². The fraction of sp³-hybridized carbons (Fsp3) is 0.625. The summed E-state index contributed by atoms with van der Waals surface area (Å²) in [6, 6.07) is 4.82. The summed E-state index contributed by atoms with van der Waals surface area (Å²) in [7, 11) is 0. The maximum Gasteiger partial charge on any atom is 0.312 e. The molecular formula is C24H32N2O6. The average molecular weight is 445 g/mol. The minimum atomic E-state index is -1.14. The fourth-order valence-electron chi connectivity index (χ4n) is 6.05. The molecule has 174 valence electrons. The van der Waals surface area contributed by atoms with Crippen LogP contribution in [0.3, 0.4) is 0 Å². The lowest BCUT2D eigenvalue weighted by atomic mass is 9.62. The van der Waals surface area contributed by atoms with Crippen molar-refractivity contribution >= 4 is 23.5 Å². The Balaban J connectivity index is 1.76. The third kappa shape index (κ3) is 3.07. The second kappa shape index (κ2) is 7.85. The largest absolute Gasteiger partial charge is 0.466 e. The molecule has 1 aromatic rings. The van der Waals surface area contributed by atoms with Crippen LogP contribution in [0.2, 0.25) is 0 Å². The van der Waals surface area contributed by atoms with Crippen LogP contribution < -0.4 is 5.32 Å². The predicted molar refractivity (Wildman–Crippen MR) is 117 cm³/mol. The van der Waals surface area contributed by atoms with Crippen LogP contribution >= 0.6 is 0 Å². The van der Waals surface area contributed by atoms with Gasteiger partial charge in [-0.15, -0.1) is 0 Å². The molecule has 0 radical (unpaired) electrons. The van der Waals surface area contributed by atoms with E-state index in [1.165, 1.54) is 4.90 Å².